The van der Waals surface area contributed by atoms with E-state index in [2.05, 4.69) is 5.32 Å². The van der Waals surface area contributed by atoms with Crippen LogP contribution in [0.1, 0.15) is 16.7 Å². The summed E-state index contributed by atoms with van der Waals surface area (Å²) in [5.41, 5.74) is 1.42. The maximum Gasteiger partial charge on any atom is 0.218 e. The van der Waals surface area contributed by atoms with Crippen molar-refractivity contribution < 1.29 is 21.9 Å². The summed E-state index contributed by atoms with van der Waals surface area (Å²) >= 11 is 0. The summed E-state index contributed by atoms with van der Waals surface area (Å²) in [5.74, 6) is -1.32. The first kappa shape index (κ1) is 19.9. The second-order valence-corrected chi connectivity index (χ2v) is 8.31. The predicted octanol–water partition coefficient (Wildman–Crippen LogP) is 2.42. The number of nitrogens with zero attached hydrogens (tertiary/aromatic N) is 1. The molecule has 0 spiro atoms. The quantitative estimate of drug-likeness (QED) is 0.781. The molecular weight excluding hydrogens is 374 g/mol. The SMILES string of the molecule is O=S(=O)(Cc1ccccc1CNCc1c(F)cccc1F)N1CCOCC1. The molecule has 0 aromatic heterocycles. The lowest BCUT2D eigenvalue weighted by Gasteiger charge is -2.26. The molecule has 3 rings (SSSR count). The number of benzene rings is 2. The molecule has 0 aliphatic carbocycles. The van der Waals surface area contributed by atoms with Gasteiger partial charge >= 0.3 is 0 Å². The fraction of sp³-hybridized carbons (Fsp3) is 0.368. The Morgan fingerprint density at radius 2 is 1.56 bits per heavy atom. The standard InChI is InChI=1S/C19H22F2N2O3S/c20-18-6-3-7-19(21)17(18)13-22-12-15-4-1-2-5-16(15)14-27(24,25)23-8-10-26-11-9-23/h1-7,22H,8-14H2. The molecule has 1 aliphatic rings. The highest BCUT2D eigenvalue weighted by molar-refractivity contribution is 7.88. The monoisotopic (exact) mass is 396 g/mol. The average molecular weight is 396 g/mol. The molecule has 0 unspecified atom stereocenters. The number of morpholine rings is 1. The highest BCUT2D eigenvalue weighted by atomic mass is 32.2. The lowest BCUT2D eigenvalue weighted by atomic mass is 10.1. The van der Waals surface area contributed by atoms with E-state index in [1.165, 1.54) is 22.5 Å². The Kier molecular flexibility index (Phi) is 6.54. The van der Waals surface area contributed by atoms with Crippen molar-refractivity contribution in [2.24, 2.45) is 0 Å². The van der Waals surface area contributed by atoms with E-state index in [1.807, 2.05) is 12.1 Å². The van der Waals surface area contributed by atoms with Crippen LogP contribution in [0.5, 0.6) is 0 Å². The third-order valence-electron chi connectivity index (χ3n) is 4.50. The van der Waals surface area contributed by atoms with Crippen LogP contribution < -0.4 is 5.32 Å². The van der Waals surface area contributed by atoms with Crippen LogP contribution in [0, 0.1) is 11.6 Å². The van der Waals surface area contributed by atoms with Crippen molar-refractivity contribution in [2.45, 2.75) is 18.8 Å². The summed E-state index contributed by atoms with van der Waals surface area (Å²) in [6, 6.07) is 10.9. The van der Waals surface area contributed by atoms with Gasteiger partial charge in [0.15, 0.2) is 0 Å². The van der Waals surface area contributed by atoms with Gasteiger partial charge in [-0.15, -0.1) is 0 Å². The molecule has 0 amide bonds. The lowest BCUT2D eigenvalue weighted by molar-refractivity contribution is 0.0729. The Labute approximate surface area is 158 Å². The molecule has 1 N–H and O–H groups in total. The second-order valence-electron chi connectivity index (χ2n) is 6.34. The zero-order valence-corrected chi connectivity index (χ0v) is 15.6. The van der Waals surface area contributed by atoms with E-state index < -0.39 is 21.7 Å². The minimum absolute atomic E-state index is 0.0169. The molecule has 0 atom stereocenters. The van der Waals surface area contributed by atoms with Crippen molar-refractivity contribution in [3.63, 3.8) is 0 Å². The number of nitrogens with one attached hydrogen (secondary N) is 1. The van der Waals surface area contributed by atoms with Gasteiger partial charge in [0.2, 0.25) is 10.0 Å². The van der Waals surface area contributed by atoms with Crippen molar-refractivity contribution in [1.82, 2.24) is 9.62 Å². The maximum atomic E-state index is 13.7. The smallest absolute Gasteiger partial charge is 0.218 e. The topological polar surface area (TPSA) is 58.6 Å². The molecule has 0 radical (unpaired) electrons. The Morgan fingerprint density at radius 1 is 0.926 bits per heavy atom. The molecule has 27 heavy (non-hydrogen) atoms. The Morgan fingerprint density at radius 3 is 2.22 bits per heavy atom. The zero-order valence-electron chi connectivity index (χ0n) is 14.8. The van der Waals surface area contributed by atoms with Crippen molar-refractivity contribution >= 4 is 10.0 Å². The molecule has 2 aromatic carbocycles. The number of halogens is 2. The van der Waals surface area contributed by atoms with E-state index in [1.54, 1.807) is 12.1 Å². The fourth-order valence-corrected chi connectivity index (χ4v) is 4.57. The largest absolute Gasteiger partial charge is 0.379 e. The van der Waals surface area contributed by atoms with Gasteiger partial charge in [0.25, 0.3) is 0 Å². The second kappa shape index (κ2) is 8.88. The van der Waals surface area contributed by atoms with Gasteiger partial charge < -0.3 is 10.1 Å². The van der Waals surface area contributed by atoms with Crippen molar-refractivity contribution in [3.05, 3.63) is 70.8 Å². The van der Waals surface area contributed by atoms with Crippen LogP contribution in [0.25, 0.3) is 0 Å². The highest BCUT2D eigenvalue weighted by Gasteiger charge is 2.25. The first-order valence-electron chi connectivity index (χ1n) is 8.73. The molecule has 1 fully saturated rings. The highest BCUT2D eigenvalue weighted by Crippen LogP contribution is 2.17. The zero-order chi connectivity index (χ0) is 19.3. The maximum absolute atomic E-state index is 13.7. The summed E-state index contributed by atoms with van der Waals surface area (Å²) < 4.78 is 59.3. The molecule has 0 saturated carbocycles. The van der Waals surface area contributed by atoms with Crippen molar-refractivity contribution in [1.29, 1.82) is 0 Å². The van der Waals surface area contributed by atoms with Crippen LogP contribution in [0.4, 0.5) is 8.78 Å². The summed E-state index contributed by atoms with van der Waals surface area (Å²) in [6.07, 6.45) is 0. The van der Waals surface area contributed by atoms with Crippen LogP contribution in [0.2, 0.25) is 0 Å². The van der Waals surface area contributed by atoms with Crippen LogP contribution in [0.15, 0.2) is 42.5 Å². The molecule has 1 saturated heterocycles. The van der Waals surface area contributed by atoms with Crippen molar-refractivity contribution in [3.8, 4) is 0 Å². The normalized spacial score (nSPS) is 15.8. The first-order valence-corrected chi connectivity index (χ1v) is 10.3. The lowest BCUT2D eigenvalue weighted by Crippen LogP contribution is -2.41. The summed E-state index contributed by atoms with van der Waals surface area (Å²) in [7, 11) is -3.44. The number of rotatable bonds is 7. The Balaban J connectivity index is 1.67. The predicted molar refractivity (Wildman–Crippen MR) is 98.4 cm³/mol. The number of sulfonamides is 1. The molecule has 1 heterocycles. The van der Waals surface area contributed by atoms with Gasteiger partial charge in [-0.05, 0) is 23.3 Å². The van der Waals surface area contributed by atoms with Gasteiger partial charge in [0.05, 0.1) is 19.0 Å². The van der Waals surface area contributed by atoms with E-state index in [0.29, 0.717) is 38.4 Å². The van der Waals surface area contributed by atoms with E-state index in [4.69, 9.17) is 4.74 Å². The van der Waals surface area contributed by atoms with Crippen LogP contribution in [-0.4, -0.2) is 39.0 Å². The van der Waals surface area contributed by atoms with Crippen LogP contribution >= 0.6 is 0 Å². The fourth-order valence-electron chi connectivity index (χ4n) is 3.01. The minimum atomic E-state index is -3.44. The number of ether oxygens (including phenoxy) is 1. The molecule has 0 bridgehead atoms. The van der Waals surface area contributed by atoms with E-state index in [-0.39, 0.29) is 17.9 Å². The Bertz CT molecular complexity index is 864. The molecule has 5 nitrogen and oxygen atoms in total. The van der Waals surface area contributed by atoms with Crippen LogP contribution in [0.3, 0.4) is 0 Å². The van der Waals surface area contributed by atoms with E-state index in [9.17, 15) is 17.2 Å². The molecule has 8 heteroatoms. The Hall–Kier alpha value is -1.87. The van der Waals surface area contributed by atoms with Crippen molar-refractivity contribution in [2.75, 3.05) is 26.3 Å². The van der Waals surface area contributed by atoms with E-state index in [0.717, 1.165) is 5.56 Å². The molecular formula is C19H22F2N2O3S. The van der Waals surface area contributed by atoms with E-state index >= 15 is 0 Å². The third kappa shape index (κ3) is 5.10. The first-order chi connectivity index (χ1) is 13.0. The van der Waals surface area contributed by atoms with Gasteiger partial charge in [0, 0.05) is 31.7 Å². The minimum Gasteiger partial charge on any atom is -0.379 e. The number of hydrogen-bond acceptors (Lipinski definition) is 4. The summed E-state index contributed by atoms with van der Waals surface area (Å²) in [5, 5.41) is 3.00. The third-order valence-corrected chi connectivity index (χ3v) is 6.33. The van der Waals surface area contributed by atoms with Crippen LogP contribution in [-0.2, 0) is 33.6 Å². The van der Waals surface area contributed by atoms with Gasteiger partial charge in [-0.1, -0.05) is 30.3 Å². The molecule has 1 aliphatic heterocycles. The number of hydrogen-bond donors (Lipinski definition) is 1. The van der Waals surface area contributed by atoms with Gasteiger partial charge in [-0.25, -0.2) is 17.2 Å². The van der Waals surface area contributed by atoms with Gasteiger partial charge in [0.1, 0.15) is 11.6 Å². The molecule has 2 aromatic rings. The summed E-state index contributed by atoms with van der Waals surface area (Å²) in [6.45, 7) is 1.84. The molecule has 146 valence electrons. The van der Waals surface area contributed by atoms with Gasteiger partial charge in [-0.3, -0.25) is 0 Å². The average Bonchev–Trinajstić information content (AvgIpc) is 2.66. The van der Waals surface area contributed by atoms with Gasteiger partial charge in [-0.2, -0.15) is 4.31 Å². The summed E-state index contributed by atoms with van der Waals surface area (Å²) in [4.78, 5) is 0.